The lowest BCUT2D eigenvalue weighted by Gasteiger charge is -2.26. The molecule has 3 N–H and O–H groups in total. The number of ether oxygens (including phenoxy) is 2. The number of hydrogen-bond acceptors (Lipinski definition) is 5. The first-order chi connectivity index (χ1) is 9.53. The third-order valence-electron chi connectivity index (χ3n) is 2.64. The summed E-state index contributed by atoms with van der Waals surface area (Å²) >= 11 is 0. The molecule has 0 heterocycles. The quantitative estimate of drug-likeness (QED) is 0.639. The predicted octanol–water partition coefficient (Wildman–Crippen LogP) is 0.324. The molecule has 0 spiro atoms. The van der Waals surface area contributed by atoms with E-state index in [9.17, 15) is 4.79 Å². The molecule has 0 fully saturated rings. The zero-order valence-electron chi connectivity index (χ0n) is 11.8. The fraction of sp³-hybridized carbons (Fsp3) is 0.500. The van der Waals surface area contributed by atoms with Crippen LogP contribution in [0, 0.1) is 0 Å². The second-order valence-corrected chi connectivity index (χ2v) is 4.62. The van der Waals surface area contributed by atoms with Crippen molar-refractivity contribution in [1.29, 1.82) is 0 Å². The summed E-state index contributed by atoms with van der Waals surface area (Å²) in [6.45, 7) is 3.14. The number of carbonyl (C=O) groups is 1. The van der Waals surface area contributed by atoms with Crippen molar-refractivity contribution in [3.63, 3.8) is 0 Å². The summed E-state index contributed by atoms with van der Waals surface area (Å²) in [5.74, 6) is 0.861. The van der Waals surface area contributed by atoms with Gasteiger partial charge in [0, 0.05) is 0 Å². The molecule has 0 aliphatic carbocycles. The molecule has 112 valence electrons. The van der Waals surface area contributed by atoms with E-state index in [1.54, 1.807) is 31.2 Å². The minimum absolute atomic E-state index is 0.191. The Bertz CT molecular complexity index is 414. The van der Waals surface area contributed by atoms with E-state index in [0.717, 1.165) is 5.75 Å². The lowest BCUT2D eigenvalue weighted by atomic mass is 10.1. The number of benzene rings is 1. The van der Waals surface area contributed by atoms with Gasteiger partial charge in [-0.2, -0.15) is 0 Å². The Morgan fingerprint density at radius 3 is 2.10 bits per heavy atom. The molecule has 6 heteroatoms. The zero-order chi connectivity index (χ0) is 15.0. The van der Waals surface area contributed by atoms with Crippen molar-refractivity contribution in [2.45, 2.75) is 19.4 Å². The maximum Gasteiger partial charge on any atom is 0.258 e. The van der Waals surface area contributed by atoms with Crippen LogP contribution < -0.4 is 14.8 Å². The highest BCUT2D eigenvalue weighted by molar-refractivity contribution is 5.78. The van der Waals surface area contributed by atoms with Gasteiger partial charge in [-0.1, -0.05) is 0 Å². The molecule has 1 rings (SSSR count). The van der Waals surface area contributed by atoms with Gasteiger partial charge >= 0.3 is 0 Å². The van der Waals surface area contributed by atoms with Crippen LogP contribution in [0.25, 0.3) is 0 Å². The van der Waals surface area contributed by atoms with Crippen LogP contribution in [0.15, 0.2) is 24.3 Å². The van der Waals surface area contributed by atoms with Crippen molar-refractivity contribution in [1.82, 2.24) is 5.32 Å². The zero-order valence-corrected chi connectivity index (χ0v) is 11.8. The third kappa shape index (κ3) is 5.07. The normalized spacial score (nSPS) is 11.0. The molecule has 0 aliphatic heterocycles. The number of nitrogens with one attached hydrogen (secondary N) is 1. The Morgan fingerprint density at radius 1 is 1.15 bits per heavy atom. The third-order valence-corrected chi connectivity index (χ3v) is 2.64. The first-order valence-electron chi connectivity index (χ1n) is 6.41. The Kier molecular flexibility index (Phi) is 6.27. The number of aliphatic hydroxyl groups is 2. The van der Waals surface area contributed by atoms with E-state index in [1.165, 1.54) is 0 Å². The molecule has 0 saturated heterocycles. The van der Waals surface area contributed by atoms with Gasteiger partial charge in [-0.25, -0.2) is 0 Å². The molecular weight excluding hydrogens is 262 g/mol. The molecule has 1 amide bonds. The number of amides is 1. The van der Waals surface area contributed by atoms with E-state index in [0.29, 0.717) is 12.4 Å². The highest BCUT2D eigenvalue weighted by Crippen LogP contribution is 2.17. The van der Waals surface area contributed by atoms with E-state index in [4.69, 9.17) is 19.7 Å². The molecular formula is C14H21NO5. The first-order valence-corrected chi connectivity index (χ1v) is 6.41. The Labute approximate surface area is 118 Å². The molecule has 1 aromatic rings. The Balaban J connectivity index is 2.44. The minimum Gasteiger partial charge on any atom is -0.494 e. The van der Waals surface area contributed by atoms with Gasteiger partial charge in [0.15, 0.2) is 6.61 Å². The van der Waals surface area contributed by atoms with Crippen LogP contribution in [0.1, 0.15) is 13.8 Å². The van der Waals surface area contributed by atoms with Gasteiger partial charge in [0.1, 0.15) is 11.5 Å². The van der Waals surface area contributed by atoms with Crippen molar-refractivity contribution in [2.75, 3.05) is 26.4 Å². The summed E-state index contributed by atoms with van der Waals surface area (Å²) in [5, 5.41) is 20.6. The predicted molar refractivity (Wildman–Crippen MR) is 73.8 cm³/mol. The van der Waals surface area contributed by atoms with Crippen molar-refractivity contribution in [3.05, 3.63) is 24.3 Å². The van der Waals surface area contributed by atoms with Gasteiger partial charge < -0.3 is 25.0 Å². The van der Waals surface area contributed by atoms with Crippen molar-refractivity contribution < 1.29 is 24.5 Å². The fourth-order valence-electron chi connectivity index (χ4n) is 1.45. The average molecular weight is 283 g/mol. The molecule has 1 aromatic carbocycles. The van der Waals surface area contributed by atoms with Crippen LogP contribution in [-0.2, 0) is 4.79 Å². The molecule has 0 radical (unpaired) electrons. The van der Waals surface area contributed by atoms with E-state index in [1.807, 2.05) is 6.92 Å². The van der Waals surface area contributed by atoms with Crippen LogP contribution in [0.4, 0.5) is 0 Å². The highest BCUT2D eigenvalue weighted by atomic mass is 16.5. The van der Waals surface area contributed by atoms with Crippen molar-refractivity contribution in [2.24, 2.45) is 0 Å². The minimum atomic E-state index is -1.04. The van der Waals surface area contributed by atoms with Gasteiger partial charge in [-0.05, 0) is 38.1 Å². The molecule has 0 aliphatic rings. The van der Waals surface area contributed by atoms with E-state index in [2.05, 4.69) is 5.32 Å². The molecule has 0 aromatic heterocycles. The van der Waals surface area contributed by atoms with Gasteiger partial charge in [-0.3, -0.25) is 4.79 Å². The summed E-state index contributed by atoms with van der Waals surface area (Å²) in [7, 11) is 0. The van der Waals surface area contributed by atoms with Crippen LogP contribution in [0.5, 0.6) is 11.5 Å². The maximum absolute atomic E-state index is 11.6. The highest BCUT2D eigenvalue weighted by Gasteiger charge is 2.24. The van der Waals surface area contributed by atoms with Gasteiger partial charge in [0.05, 0.1) is 25.4 Å². The lowest BCUT2D eigenvalue weighted by Crippen LogP contribution is -2.53. The van der Waals surface area contributed by atoms with Gasteiger partial charge in [0.2, 0.25) is 0 Å². The van der Waals surface area contributed by atoms with Crippen LogP contribution in [0.2, 0.25) is 0 Å². The summed E-state index contributed by atoms with van der Waals surface area (Å²) in [6.07, 6.45) is 0. The summed E-state index contributed by atoms with van der Waals surface area (Å²) < 4.78 is 10.6. The number of carbonyl (C=O) groups excluding carboxylic acids is 1. The Morgan fingerprint density at radius 2 is 1.65 bits per heavy atom. The molecule has 0 bridgehead atoms. The molecule has 6 nitrogen and oxygen atoms in total. The first kappa shape index (κ1) is 16.3. The summed E-state index contributed by atoms with van der Waals surface area (Å²) in [4.78, 5) is 11.6. The van der Waals surface area contributed by atoms with Crippen molar-refractivity contribution in [3.8, 4) is 11.5 Å². The van der Waals surface area contributed by atoms with Gasteiger partial charge in [0.25, 0.3) is 5.91 Å². The van der Waals surface area contributed by atoms with E-state index >= 15 is 0 Å². The largest absolute Gasteiger partial charge is 0.494 e. The SMILES string of the molecule is CCOc1ccc(OCC(=O)NC(C)(CO)CO)cc1. The van der Waals surface area contributed by atoms with E-state index in [-0.39, 0.29) is 19.8 Å². The molecule has 0 saturated carbocycles. The molecule has 20 heavy (non-hydrogen) atoms. The van der Waals surface area contributed by atoms with Crippen LogP contribution in [-0.4, -0.2) is 48.1 Å². The summed E-state index contributed by atoms with van der Waals surface area (Å²) in [5.41, 5.74) is -1.04. The summed E-state index contributed by atoms with van der Waals surface area (Å²) in [6, 6.07) is 6.91. The monoisotopic (exact) mass is 283 g/mol. The second-order valence-electron chi connectivity index (χ2n) is 4.62. The molecule has 0 atom stereocenters. The number of aliphatic hydroxyl groups excluding tert-OH is 2. The Hall–Kier alpha value is -1.79. The standard InChI is InChI=1S/C14H21NO5/c1-3-19-11-4-6-12(7-5-11)20-8-13(18)15-14(2,9-16)10-17/h4-7,16-17H,3,8-10H2,1-2H3,(H,15,18). The maximum atomic E-state index is 11.6. The number of hydrogen-bond donors (Lipinski definition) is 3. The second kappa shape index (κ2) is 7.72. The smallest absolute Gasteiger partial charge is 0.258 e. The topological polar surface area (TPSA) is 88.0 Å². The van der Waals surface area contributed by atoms with Crippen molar-refractivity contribution >= 4 is 5.91 Å². The van der Waals surface area contributed by atoms with Crippen LogP contribution in [0.3, 0.4) is 0 Å². The van der Waals surface area contributed by atoms with Gasteiger partial charge in [-0.15, -0.1) is 0 Å². The average Bonchev–Trinajstić information content (AvgIpc) is 2.47. The number of rotatable bonds is 8. The fourth-order valence-corrected chi connectivity index (χ4v) is 1.45. The van der Waals surface area contributed by atoms with Crippen LogP contribution >= 0.6 is 0 Å². The molecule has 0 unspecified atom stereocenters. The lowest BCUT2D eigenvalue weighted by molar-refractivity contribution is -0.126. The van der Waals surface area contributed by atoms with E-state index < -0.39 is 11.4 Å².